The van der Waals surface area contributed by atoms with Crippen LogP contribution < -0.4 is 11.3 Å². The molecule has 9 nitrogen and oxygen atoms in total. The molecule has 7 rings (SSSR count). The molecule has 0 saturated heterocycles. The summed E-state index contributed by atoms with van der Waals surface area (Å²) in [4.78, 5) is 40.0. The fraction of sp³-hybridized carbons (Fsp3) is 0.0968. The predicted molar refractivity (Wildman–Crippen MR) is 162 cm³/mol. The van der Waals surface area contributed by atoms with E-state index in [-0.39, 0.29) is 12.1 Å². The first-order chi connectivity index (χ1) is 19.9. The predicted octanol–water partition coefficient (Wildman–Crippen LogP) is 5.47. The van der Waals surface area contributed by atoms with Crippen molar-refractivity contribution in [3.05, 3.63) is 106 Å². The molecule has 0 unspecified atom stereocenters. The van der Waals surface area contributed by atoms with E-state index in [0.717, 1.165) is 38.1 Å². The number of rotatable bonds is 5. The monoisotopic (exact) mass is 557 g/mol. The van der Waals surface area contributed by atoms with E-state index in [1.54, 1.807) is 26.7 Å². The van der Waals surface area contributed by atoms with E-state index in [4.69, 9.17) is 15.8 Å². The summed E-state index contributed by atoms with van der Waals surface area (Å²) in [6.07, 6.45) is 2.24. The zero-order valence-electron chi connectivity index (χ0n) is 22.2. The zero-order valence-corrected chi connectivity index (χ0v) is 23.0. The van der Waals surface area contributed by atoms with Crippen LogP contribution in [0.15, 0.2) is 77.9 Å². The van der Waals surface area contributed by atoms with Crippen LogP contribution in [0.1, 0.15) is 27.3 Å². The first-order valence-electron chi connectivity index (χ1n) is 13.0. The lowest BCUT2D eigenvalue weighted by Crippen LogP contribution is -2.26. The van der Waals surface area contributed by atoms with Crippen LogP contribution in [0.4, 0.5) is 5.82 Å². The highest BCUT2D eigenvalue weighted by Gasteiger charge is 2.22. The Balaban J connectivity index is 1.46. The summed E-state index contributed by atoms with van der Waals surface area (Å²) in [5.41, 5.74) is 11.2. The Labute approximate surface area is 237 Å². The van der Waals surface area contributed by atoms with Gasteiger partial charge in [-0.25, -0.2) is 19.6 Å². The number of para-hydroxylation sites is 1. The van der Waals surface area contributed by atoms with Gasteiger partial charge in [-0.05, 0) is 60.7 Å². The van der Waals surface area contributed by atoms with Crippen molar-refractivity contribution >= 4 is 55.5 Å². The number of carbonyl (C=O) groups is 1. The summed E-state index contributed by atoms with van der Waals surface area (Å²) in [7, 11) is 0. The van der Waals surface area contributed by atoms with Gasteiger partial charge in [0, 0.05) is 10.3 Å². The summed E-state index contributed by atoms with van der Waals surface area (Å²) in [6.45, 7) is 4.06. The lowest BCUT2D eigenvalue weighted by Gasteiger charge is -2.16. The molecule has 10 heteroatoms. The number of nitrogen functional groups attached to an aromatic ring is 1. The Bertz CT molecular complexity index is 2230. The van der Waals surface area contributed by atoms with Crippen LogP contribution in [0.3, 0.4) is 0 Å². The highest BCUT2D eigenvalue weighted by molar-refractivity contribution is 7.22. The molecule has 0 aliphatic heterocycles. The van der Waals surface area contributed by atoms with Gasteiger partial charge in [0.2, 0.25) is 0 Å². The second-order valence-electron chi connectivity index (χ2n) is 9.91. The minimum absolute atomic E-state index is 0.140. The molecule has 0 saturated carbocycles. The lowest BCUT2D eigenvalue weighted by atomic mass is 10.1. The van der Waals surface area contributed by atoms with Gasteiger partial charge in [-0.3, -0.25) is 14.2 Å². The molecule has 0 fully saturated rings. The number of anilines is 1. The van der Waals surface area contributed by atoms with Gasteiger partial charge in [-0.15, -0.1) is 11.3 Å². The number of nitrogens with two attached hydrogens (primary N) is 1. The third-order valence-corrected chi connectivity index (χ3v) is 8.41. The summed E-state index contributed by atoms with van der Waals surface area (Å²) in [5.74, 6) is 0.822. The minimum atomic E-state index is -0.140. The van der Waals surface area contributed by atoms with Crippen LogP contribution in [0, 0.1) is 13.8 Å². The normalized spacial score (nSPS) is 11.6. The Hall–Kier alpha value is -5.22. The largest absolute Gasteiger partial charge is 0.383 e. The van der Waals surface area contributed by atoms with Gasteiger partial charge in [0.05, 0.1) is 26.9 Å². The SMILES string of the molecule is Cc1ccccc1-n1c(Cn2nc(-c3cc4cc(C=O)ccc4s3)c3c(N)ncnc32)nc2cccc(C)c2c1=O. The standard InChI is InChI=1S/C31H23N7O2S/c1-17-6-3-4-9-22(17)38-25(35-21-8-5-7-18(2)26(21)31(38)40)14-37-30-27(29(32)33-16-34-30)28(36-37)24-13-20-12-19(15-39)10-11-23(20)41-24/h3-13,15-16H,14H2,1-2H3,(H2,32,33,34). The van der Waals surface area contributed by atoms with E-state index < -0.39 is 0 Å². The fourth-order valence-electron chi connectivity index (χ4n) is 5.31. The number of benzene rings is 3. The first-order valence-corrected chi connectivity index (χ1v) is 13.8. The molecule has 0 aliphatic rings. The summed E-state index contributed by atoms with van der Waals surface area (Å²) < 4.78 is 4.41. The lowest BCUT2D eigenvalue weighted by molar-refractivity contribution is 0.112. The van der Waals surface area contributed by atoms with Gasteiger partial charge in [-0.1, -0.05) is 36.4 Å². The zero-order chi connectivity index (χ0) is 28.2. The first kappa shape index (κ1) is 24.8. The average Bonchev–Trinajstić information content (AvgIpc) is 3.55. The second-order valence-corrected chi connectivity index (χ2v) is 11.0. The molecule has 0 spiro atoms. The van der Waals surface area contributed by atoms with Crippen molar-refractivity contribution in [1.29, 1.82) is 0 Å². The van der Waals surface area contributed by atoms with Crippen LogP contribution in [-0.4, -0.2) is 35.6 Å². The van der Waals surface area contributed by atoms with E-state index >= 15 is 0 Å². The van der Waals surface area contributed by atoms with E-state index in [9.17, 15) is 9.59 Å². The number of carbonyl (C=O) groups excluding carboxylic acids is 1. The Kier molecular flexibility index (Phi) is 5.72. The highest BCUT2D eigenvalue weighted by Crippen LogP contribution is 2.38. The van der Waals surface area contributed by atoms with Crippen LogP contribution in [-0.2, 0) is 6.54 Å². The molecule has 4 heterocycles. The molecule has 7 aromatic rings. The molecule has 41 heavy (non-hydrogen) atoms. The quantitative estimate of drug-likeness (QED) is 0.279. The maximum atomic E-state index is 14.0. The maximum Gasteiger partial charge on any atom is 0.266 e. The van der Waals surface area contributed by atoms with Crippen LogP contribution in [0.25, 0.3) is 48.3 Å². The molecule has 0 amide bonds. The molecule has 0 aliphatic carbocycles. The number of hydrogen-bond acceptors (Lipinski definition) is 8. The van der Waals surface area contributed by atoms with Gasteiger partial charge < -0.3 is 5.73 Å². The maximum absolute atomic E-state index is 14.0. The average molecular weight is 558 g/mol. The number of aldehydes is 1. The molecule has 0 radical (unpaired) electrons. The summed E-state index contributed by atoms with van der Waals surface area (Å²) in [6, 6.07) is 21.0. The highest BCUT2D eigenvalue weighted by atomic mass is 32.1. The topological polar surface area (TPSA) is 122 Å². The number of aromatic nitrogens is 6. The molecule has 2 N–H and O–H groups in total. The number of aryl methyl sites for hydroxylation is 2. The van der Waals surface area contributed by atoms with Gasteiger partial charge in [0.15, 0.2) is 5.65 Å². The molecule has 3 aromatic carbocycles. The number of fused-ring (bicyclic) bond motifs is 3. The Morgan fingerprint density at radius 1 is 0.951 bits per heavy atom. The van der Waals surface area contributed by atoms with Crippen molar-refractivity contribution in [2.45, 2.75) is 20.4 Å². The smallest absolute Gasteiger partial charge is 0.266 e. The van der Waals surface area contributed by atoms with Crippen LogP contribution in [0.2, 0.25) is 0 Å². The molecule has 0 bridgehead atoms. The fourth-order valence-corrected chi connectivity index (χ4v) is 6.34. The van der Waals surface area contributed by atoms with Crippen molar-refractivity contribution in [2.24, 2.45) is 0 Å². The van der Waals surface area contributed by atoms with Crippen molar-refractivity contribution in [2.75, 3.05) is 5.73 Å². The van der Waals surface area contributed by atoms with Crippen molar-refractivity contribution in [1.82, 2.24) is 29.3 Å². The molecule has 4 aromatic heterocycles. The van der Waals surface area contributed by atoms with Crippen molar-refractivity contribution in [3.8, 4) is 16.3 Å². The van der Waals surface area contributed by atoms with Gasteiger partial charge in [0.25, 0.3) is 5.56 Å². The van der Waals surface area contributed by atoms with Gasteiger partial charge in [0.1, 0.15) is 36.5 Å². The Morgan fingerprint density at radius 2 is 1.78 bits per heavy atom. The van der Waals surface area contributed by atoms with Gasteiger partial charge in [-0.2, -0.15) is 5.10 Å². The summed E-state index contributed by atoms with van der Waals surface area (Å²) >= 11 is 1.55. The third kappa shape index (κ3) is 3.99. The minimum Gasteiger partial charge on any atom is -0.383 e. The van der Waals surface area contributed by atoms with Crippen molar-refractivity contribution in [3.63, 3.8) is 0 Å². The third-order valence-electron chi connectivity index (χ3n) is 7.29. The van der Waals surface area contributed by atoms with Crippen LogP contribution >= 0.6 is 11.3 Å². The van der Waals surface area contributed by atoms with Gasteiger partial charge >= 0.3 is 0 Å². The van der Waals surface area contributed by atoms with E-state index in [2.05, 4.69) is 9.97 Å². The molecule has 200 valence electrons. The van der Waals surface area contributed by atoms with E-state index in [0.29, 0.717) is 44.8 Å². The second kappa shape index (κ2) is 9.46. The number of nitrogens with zero attached hydrogens (tertiary/aromatic N) is 6. The molecular formula is C31H23N7O2S. The van der Waals surface area contributed by atoms with E-state index in [1.807, 2.05) is 74.5 Å². The molecule has 0 atom stereocenters. The van der Waals surface area contributed by atoms with E-state index in [1.165, 1.54) is 6.33 Å². The van der Waals surface area contributed by atoms with Crippen molar-refractivity contribution < 1.29 is 4.79 Å². The Morgan fingerprint density at radius 3 is 2.61 bits per heavy atom. The number of thiophene rings is 1. The number of hydrogen-bond donors (Lipinski definition) is 1. The molecular weight excluding hydrogens is 534 g/mol. The van der Waals surface area contributed by atoms with Crippen LogP contribution in [0.5, 0.6) is 0 Å². The summed E-state index contributed by atoms with van der Waals surface area (Å²) in [5, 5.41) is 7.10.